The molecule has 1 saturated carbocycles. The number of nitrogens with two attached hydrogens (primary N) is 1. The number of fused-ring (bicyclic) bond motifs is 1. The van der Waals surface area contributed by atoms with E-state index in [1.807, 2.05) is 0 Å². The second-order valence-corrected chi connectivity index (χ2v) is 22.7. The van der Waals surface area contributed by atoms with Crippen molar-refractivity contribution in [2.45, 2.75) is 122 Å². The van der Waals surface area contributed by atoms with Gasteiger partial charge in [-0.1, -0.05) is 39.6 Å². The average Bonchev–Trinajstić information content (AvgIpc) is 3.64. The molecule has 0 aliphatic heterocycles. The predicted molar refractivity (Wildman–Crippen MR) is 171 cm³/mol. The summed E-state index contributed by atoms with van der Waals surface area (Å²) in [4.78, 5) is 17.1. The SMILES string of the molecule is CC(C)(C)[S@@](=O)N[C@@H](CC(C)(C)C(F)(F)F)c1nc2ccc([C@H](C3CC3)C(CC(F)F)C(N)=O)cc2n1COCC[Si](C)(C)C. The van der Waals surface area contributed by atoms with Crippen molar-refractivity contribution in [2.24, 2.45) is 23.0 Å². The quantitative estimate of drug-likeness (QED) is 0.108. The first-order valence-electron chi connectivity index (χ1n) is 15.4. The minimum Gasteiger partial charge on any atom is -0.369 e. The number of halogens is 5. The number of hydrogen-bond acceptors (Lipinski definition) is 4. The molecule has 1 unspecified atom stereocenters. The number of imidazole rings is 1. The third-order valence-electron chi connectivity index (χ3n) is 8.36. The topological polar surface area (TPSA) is 99.2 Å². The van der Waals surface area contributed by atoms with E-state index in [4.69, 9.17) is 15.5 Å². The monoisotopic (exact) mass is 680 g/mol. The Bertz CT molecular complexity index is 1350. The lowest BCUT2D eigenvalue weighted by molar-refractivity contribution is -0.215. The molecule has 1 aromatic carbocycles. The molecule has 45 heavy (non-hydrogen) atoms. The van der Waals surface area contributed by atoms with E-state index >= 15 is 0 Å². The Labute approximate surface area is 266 Å². The summed E-state index contributed by atoms with van der Waals surface area (Å²) in [7, 11) is -3.20. The molecule has 1 heterocycles. The highest BCUT2D eigenvalue weighted by atomic mass is 32.2. The maximum absolute atomic E-state index is 14.2. The van der Waals surface area contributed by atoms with Crippen molar-refractivity contribution >= 4 is 36.0 Å². The van der Waals surface area contributed by atoms with Gasteiger partial charge < -0.3 is 15.0 Å². The Balaban J connectivity index is 2.19. The highest BCUT2D eigenvalue weighted by molar-refractivity contribution is 7.84. The Morgan fingerprint density at radius 1 is 1.16 bits per heavy atom. The summed E-state index contributed by atoms with van der Waals surface area (Å²) >= 11 is 0. The zero-order valence-corrected chi connectivity index (χ0v) is 29.4. The third kappa shape index (κ3) is 10.0. The molecule has 3 N–H and O–H groups in total. The molecule has 256 valence electrons. The van der Waals surface area contributed by atoms with Gasteiger partial charge in [-0.3, -0.25) is 4.79 Å². The zero-order chi connectivity index (χ0) is 34.1. The summed E-state index contributed by atoms with van der Waals surface area (Å²) in [6.45, 7) is 14.4. The molecule has 0 radical (unpaired) electrons. The molecule has 4 atom stereocenters. The lowest BCUT2D eigenvalue weighted by Gasteiger charge is -2.33. The standard InChI is InChI=1S/C31H49F5N4O3SSi/c1-29(2,3)44(42)39-23(17-30(4,5)31(34,35)36)28-38-22-12-11-20(15-24(22)40(28)18-43-13-14-45(6,7)8)26(19-9-10-19)21(27(37)41)16-25(32)33/h11-12,15,19,21,23,25-26,39H,9-10,13-14,16-18H2,1-8H3,(H2,37,41)/t21?,23-,26-,44+/m0/s1. The van der Waals surface area contributed by atoms with Crippen molar-refractivity contribution in [1.82, 2.24) is 14.3 Å². The van der Waals surface area contributed by atoms with Crippen LogP contribution in [0.5, 0.6) is 0 Å². The molecule has 3 rings (SSSR count). The van der Waals surface area contributed by atoms with Gasteiger partial charge in [-0.25, -0.2) is 22.7 Å². The van der Waals surface area contributed by atoms with Crippen molar-refractivity contribution in [3.05, 3.63) is 29.6 Å². The van der Waals surface area contributed by atoms with Crippen molar-refractivity contribution in [3.8, 4) is 0 Å². The fourth-order valence-electron chi connectivity index (χ4n) is 5.34. The van der Waals surface area contributed by atoms with Gasteiger partial charge >= 0.3 is 6.18 Å². The van der Waals surface area contributed by atoms with Crippen molar-refractivity contribution in [3.63, 3.8) is 0 Å². The molecule has 0 spiro atoms. The van der Waals surface area contributed by atoms with Crippen LogP contribution in [0.3, 0.4) is 0 Å². The first-order valence-corrected chi connectivity index (χ1v) is 20.3. The molecule has 2 aromatic rings. The normalized spacial score (nSPS) is 17.9. The van der Waals surface area contributed by atoms with E-state index in [2.05, 4.69) is 24.4 Å². The predicted octanol–water partition coefficient (Wildman–Crippen LogP) is 7.67. The van der Waals surface area contributed by atoms with Gasteiger partial charge in [0.25, 0.3) is 0 Å². The molecule has 1 aliphatic rings. The number of nitrogens with one attached hydrogen (secondary N) is 1. The highest BCUT2D eigenvalue weighted by Crippen LogP contribution is 2.49. The first kappa shape index (κ1) is 37.6. The van der Waals surface area contributed by atoms with Gasteiger partial charge in [0.2, 0.25) is 12.3 Å². The van der Waals surface area contributed by atoms with Crippen LogP contribution >= 0.6 is 0 Å². The molecule has 0 bridgehead atoms. The number of carbonyl (C=O) groups is 1. The number of amides is 1. The van der Waals surface area contributed by atoms with Gasteiger partial charge in [-0.15, -0.1) is 0 Å². The van der Waals surface area contributed by atoms with Gasteiger partial charge in [-0.05, 0) is 75.6 Å². The van der Waals surface area contributed by atoms with E-state index in [1.165, 1.54) is 0 Å². The Hall–Kier alpha value is -1.90. The molecular weight excluding hydrogens is 632 g/mol. The Kier molecular flexibility index (Phi) is 11.7. The van der Waals surface area contributed by atoms with Crippen LogP contribution in [0.15, 0.2) is 18.2 Å². The second kappa shape index (κ2) is 14.1. The van der Waals surface area contributed by atoms with E-state index < -0.39 is 78.4 Å². The van der Waals surface area contributed by atoms with Crippen molar-refractivity contribution in [1.29, 1.82) is 0 Å². The van der Waals surface area contributed by atoms with Crippen LogP contribution in [-0.2, 0) is 27.2 Å². The van der Waals surface area contributed by atoms with Gasteiger partial charge in [0.05, 0.1) is 44.1 Å². The van der Waals surface area contributed by atoms with Gasteiger partial charge in [0.1, 0.15) is 12.6 Å². The highest BCUT2D eigenvalue weighted by Gasteiger charge is 2.49. The lowest BCUT2D eigenvalue weighted by Crippen LogP contribution is -2.41. The van der Waals surface area contributed by atoms with Crippen molar-refractivity contribution in [2.75, 3.05) is 6.61 Å². The molecular formula is C31H49F5N4O3SSi. The number of benzene rings is 1. The van der Waals surface area contributed by atoms with Crippen LogP contribution in [0.4, 0.5) is 22.0 Å². The van der Waals surface area contributed by atoms with Gasteiger partial charge in [0, 0.05) is 21.1 Å². The number of primary amides is 1. The average molecular weight is 681 g/mol. The lowest BCUT2D eigenvalue weighted by atomic mass is 9.80. The van der Waals surface area contributed by atoms with E-state index in [0.29, 0.717) is 23.2 Å². The maximum Gasteiger partial charge on any atom is 0.394 e. The minimum absolute atomic E-state index is 0.0127. The molecule has 7 nitrogen and oxygen atoms in total. The molecule has 0 saturated heterocycles. The molecule has 1 fully saturated rings. The van der Waals surface area contributed by atoms with Gasteiger partial charge in [-0.2, -0.15) is 13.2 Å². The molecule has 14 heteroatoms. The van der Waals surface area contributed by atoms with E-state index in [1.54, 1.807) is 43.5 Å². The number of alkyl halides is 5. The van der Waals surface area contributed by atoms with Crippen LogP contribution in [-0.4, -0.2) is 51.7 Å². The number of carbonyl (C=O) groups excluding carboxylic acids is 1. The summed E-state index contributed by atoms with van der Waals surface area (Å²) in [5, 5.41) is 0. The summed E-state index contributed by atoms with van der Waals surface area (Å²) in [6.07, 6.45) is -6.81. The molecule has 1 amide bonds. The Morgan fingerprint density at radius 2 is 1.78 bits per heavy atom. The number of nitrogens with zero attached hydrogens (tertiary/aromatic N) is 2. The minimum atomic E-state index is -4.54. The third-order valence-corrected chi connectivity index (χ3v) is 11.7. The summed E-state index contributed by atoms with van der Waals surface area (Å²) in [5.41, 5.74) is 5.11. The van der Waals surface area contributed by atoms with Crippen LogP contribution in [0.1, 0.15) is 83.6 Å². The summed E-state index contributed by atoms with van der Waals surface area (Å²) in [5.74, 6) is -2.16. The number of ether oxygens (including phenoxy) is 1. The maximum atomic E-state index is 14.2. The van der Waals surface area contributed by atoms with Gasteiger partial charge in [0.15, 0.2) is 0 Å². The van der Waals surface area contributed by atoms with Crippen LogP contribution in [0.25, 0.3) is 11.0 Å². The molecule has 1 aromatic heterocycles. The Morgan fingerprint density at radius 3 is 2.27 bits per heavy atom. The summed E-state index contributed by atoms with van der Waals surface area (Å²) < 4.78 is 92.7. The zero-order valence-electron chi connectivity index (χ0n) is 27.6. The van der Waals surface area contributed by atoms with E-state index in [0.717, 1.165) is 32.7 Å². The fraction of sp³-hybridized carbons (Fsp3) is 0.742. The molecule has 1 aliphatic carbocycles. The van der Waals surface area contributed by atoms with E-state index in [9.17, 15) is 31.0 Å². The summed E-state index contributed by atoms with van der Waals surface area (Å²) in [6, 6.07) is 4.97. The number of hydrogen-bond donors (Lipinski definition) is 2. The number of rotatable bonds is 16. The largest absolute Gasteiger partial charge is 0.394 e. The van der Waals surface area contributed by atoms with Crippen LogP contribution in [0.2, 0.25) is 25.7 Å². The van der Waals surface area contributed by atoms with E-state index in [-0.39, 0.29) is 18.5 Å². The fourth-order valence-corrected chi connectivity index (χ4v) is 6.90. The first-order chi connectivity index (χ1) is 20.5. The second-order valence-electron chi connectivity index (χ2n) is 15.1. The van der Waals surface area contributed by atoms with Crippen molar-refractivity contribution < 1.29 is 35.7 Å². The number of aromatic nitrogens is 2. The van der Waals surface area contributed by atoms with Crippen LogP contribution in [0, 0.1) is 17.3 Å². The van der Waals surface area contributed by atoms with Crippen LogP contribution < -0.4 is 10.5 Å². The smallest absolute Gasteiger partial charge is 0.369 e.